The predicted octanol–water partition coefficient (Wildman–Crippen LogP) is 5.20. The first-order valence-corrected chi connectivity index (χ1v) is 11.5. The van der Waals surface area contributed by atoms with Crippen molar-refractivity contribution in [3.63, 3.8) is 0 Å². The quantitative estimate of drug-likeness (QED) is 0.449. The second kappa shape index (κ2) is 7.37. The normalized spacial score (nSPS) is 12.0. The van der Waals surface area contributed by atoms with Crippen LogP contribution in [0.4, 0.5) is 0 Å². The molecule has 0 nitrogen and oxygen atoms in total. The van der Waals surface area contributed by atoms with Crippen molar-refractivity contribution in [2.24, 2.45) is 0 Å². The molecule has 0 fully saturated rings. The van der Waals surface area contributed by atoms with Crippen LogP contribution in [0.1, 0.15) is 51.0 Å². The fourth-order valence-electron chi connectivity index (χ4n) is 2.29. The Kier molecular flexibility index (Phi) is 6.50. The zero-order valence-electron chi connectivity index (χ0n) is 12.0. The molecule has 0 aliphatic carbocycles. The highest BCUT2D eigenvalue weighted by atomic mass is 32.1. The summed E-state index contributed by atoms with van der Waals surface area (Å²) in [4.78, 5) is 0. The van der Waals surface area contributed by atoms with Crippen LogP contribution in [0, 0.1) is 0 Å². The minimum atomic E-state index is -1.09. The molecule has 0 unspecified atom stereocenters. The third-order valence-electron chi connectivity index (χ3n) is 3.23. The minimum Gasteiger partial charge on any atom is -0.153 e. The Morgan fingerprint density at radius 3 is 2.29 bits per heavy atom. The molecule has 98 valence electrons. The van der Waals surface area contributed by atoms with Gasteiger partial charge in [0.05, 0.1) is 8.07 Å². The lowest BCUT2D eigenvalue weighted by Crippen LogP contribution is -2.37. The fraction of sp³-hybridized carbons (Fsp3) is 0.733. The Morgan fingerprint density at radius 2 is 1.65 bits per heavy atom. The van der Waals surface area contributed by atoms with Gasteiger partial charge in [0.15, 0.2) is 0 Å². The second-order valence-corrected chi connectivity index (χ2v) is 12.3. The van der Waals surface area contributed by atoms with Crippen LogP contribution in [-0.2, 0) is 6.42 Å². The summed E-state index contributed by atoms with van der Waals surface area (Å²) in [6.45, 7) is 9.67. The van der Waals surface area contributed by atoms with Gasteiger partial charge in [-0.3, -0.25) is 0 Å². The predicted molar refractivity (Wildman–Crippen MR) is 84.4 cm³/mol. The molecular formula is C15H28SSi. The molecular weight excluding hydrogens is 240 g/mol. The molecule has 0 amide bonds. The van der Waals surface area contributed by atoms with E-state index in [1.165, 1.54) is 44.9 Å². The van der Waals surface area contributed by atoms with Gasteiger partial charge in [0.1, 0.15) is 0 Å². The summed E-state index contributed by atoms with van der Waals surface area (Å²) in [5.41, 5.74) is 1.66. The van der Waals surface area contributed by atoms with E-state index in [0.29, 0.717) is 0 Å². The fourth-order valence-corrected chi connectivity index (χ4v) is 5.77. The number of rotatable bonds is 8. The number of hydrogen-bond donors (Lipinski definition) is 0. The van der Waals surface area contributed by atoms with E-state index >= 15 is 0 Å². The molecule has 0 spiro atoms. The summed E-state index contributed by atoms with van der Waals surface area (Å²) in [6, 6.07) is 2.37. The highest BCUT2D eigenvalue weighted by Gasteiger charge is 2.21. The van der Waals surface area contributed by atoms with Crippen LogP contribution < -0.4 is 4.50 Å². The van der Waals surface area contributed by atoms with Gasteiger partial charge in [0.2, 0.25) is 0 Å². The van der Waals surface area contributed by atoms with Gasteiger partial charge < -0.3 is 0 Å². The van der Waals surface area contributed by atoms with E-state index in [9.17, 15) is 0 Å². The van der Waals surface area contributed by atoms with Gasteiger partial charge in [-0.2, -0.15) is 11.3 Å². The van der Waals surface area contributed by atoms with Gasteiger partial charge in [0, 0.05) is 0 Å². The lowest BCUT2D eigenvalue weighted by atomic mass is 10.1. The molecule has 0 saturated heterocycles. The highest BCUT2D eigenvalue weighted by Crippen LogP contribution is 2.16. The van der Waals surface area contributed by atoms with Crippen LogP contribution >= 0.6 is 11.3 Å². The van der Waals surface area contributed by atoms with Crippen molar-refractivity contribution in [2.75, 3.05) is 0 Å². The molecule has 17 heavy (non-hydrogen) atoms. The largest absolute Gasteiger partial charge is 0.153 e. The second-order valence-electron chi connectivity index (χ2n) is 6.04. The van der Waals surface area contributed by atoms with E-state index in [0.717, 1.165) is 0 Å². The van der Waals surface area contributed by atoms with Crippen molar-refractivity contribution >= 4 is 23.9 Å². The van der Waals surface area contributed by atoms with Crippen molar-refractivity contribution in [2.45, 2.75) is 71.5 Å². The van der Waals surface area contributed by atoms with Crippen LogP contribution in [-0.4, -0.2) is 8.07 Å². The summed E-state index contributed by atoms with van der Waals surface area (Å²) in [7, 11) is -1.09. The van der Waals surface area contributed by atoms with Crippen LogP contribution in [0.25, 0.3) is 0 Å². The van der Waals surface area contributed by atoms with E-state index in [1.54, 1.807) is 10.1 Å². The Labute approximate surface area is 112 Å². The summed E-state index contributed by atoms with van der Waals surface area (Å²) in [6.07, 6.45) is 9.75. The lowest BCUT2D eigenvalue weighted by Gasteiger charge is -2.16. The Morgan fingerprint density at radius 1 is 1.00 bits per heavy atom. The number of thiophene rings is 1. The first-order chi connectivity index (χ1) is 8.05. The smallest absolute Gasteiger partial charge is 0.0907 e. The highest BCUT2D eigenvalue weighted by molar-refractivity contribution is 7.25. The number of hydrogen-bond acceptors (Lipinski definition) is 1. The average Bonchev–Trinajstić information content (AvgIpc) is 2.71. The van der Waals surface area contributed by atoms with Gasteiger partial charge in [-0.15, -0.1) is 0 Å². The zero-order valence-corrected chi connectivity index (χ0v) is 13.8. The average molecular weight is 269 g/mol. The summed E-state index contributed by atoms with van der Waals surface area (Å²) < 4.78 is 1.73. The monoisotopic (exact) mass is 268 g/mol. The molecule has 0 saturated carbocycles. The van der Waals surface area contributed by atoms with Gasteiger partial charge in [-0.25, -0.2) is 0 Å². The maximum atomic E-state index is 2.46. The zero-order chi connectivity index (χ0) is 12.7. The van der Waals surface area contributed by atoms with E-state index in [-0.39, 0.29) is 0 Å². The molecule has 0 aliphatic rings. The Balaban J connectivity index is 2.30. The molecule has 2 heteroatoms. The third kappa shape index (κ3) is 5.39. The summed E-state index contributed by atoms with van der Waals surface area (Å²) in [5, 5.41) is 2.29. The van der Waals surface area contributed by atoms with Crippen LogP contribution in [0.3, 0.4) is 0 Å². The van der Waals surface area contributed by atoms with Crippen molar-refractivity contribution < 1.29 is 0 Å². The topological polar surface area (TPSA) is 0 Å². The van der Waals surface area contributed by atoms with Crippen molar-refractivity contribution in [1.29, 1.82) is 0 Å². The molecule has 0 N–H and O–H groups in total. The molecule has 0 atom stereocenters. The molecule has 1 aromatic heterocycles. The first-order valence-electron chi connectivity index (χ1n) is 7.12. The standard InChI is InChI=1S/C15H28SSi/c1-5-6-7-8-9-10-11-14-12-13-16-15(14)17(2,3)4/h12-13H,5-11H2,1-4H3. The Hall–Kier alpha value is -0.0831. The maximum Gasteiger partial charge on any atom is 0.0907 e. The minimum absolute atomic E-state index is 1.09. The SMILES string of the molecule is CCCCCCCCc1ccsc1[Si](C)(C)C. The van der Waals surface area contributed by atoms with Gasteiger partial charge in [-0.05, 0) is 34.4 Å². The van der Waals surface area contributed by atoms with Gasteiger partial charge in [-0.1, -0.05) is 58.7 Å². The van der Waals surface area contributed by atoms with Gasteiger partial charge >= 0.3 is 0 Å². The molecule has 0 bridgehead atoms. The van der Waals surface area contributed by atoms with E-state index in [1.807, 2.05) is 11.3 Å². The van der Waals surface area contributed by atoms with Crippen LogP contribution in [0.2, 0.25) is 19.6 Å². The van der Waals surface area contributed by atoms with E-state index in [2.05, 4.69) is 38.0 Å². The molecule has 1 heterocycles. The summed E-state index contributed by atoms with van der Waals surface area (Å²) >= 11 is 1.99. The van der Waals surface area contributed by atoms with Crippen LogP contribution in [0.15, 0.2) is 11.4 Å². The van der Waals surface area contributed by atoms with Crippen molar-refractivity contribution in [3.8, 4) is 0 Å². The summed E-state index contributed by atoms with van der Waals surface area (Å²) in [5.74, 6) is 0. The molecule has 0 aliphatic heterocycles. The third-order valence-corrected chi connectivity index (χ3v) is 7.87. The maximum absolute atomic E-state index is 2.46. The number of unbranched alkanes of at least 4 members (excludes halogenated alkanes) is 5. The van der Waals surface area contributed by atoms with E-state index in [4.69, 9.17) is 0 Å². The molecule has 1 rings (SSSR count). The number of aryl methyl sites for hydroxylation is 1. The Bertz CT molecular complexity index is 309. The van der Waals surface area contributed by atoms with E-state index < -0.39 is 8.07 Å². The first kappa shape index (κ1) is 15.0. The molecule has 0 aromatic carbocycles. The lowest BCUT2D eigenvalue weighted by molar-refractivity contribution is 0.608. The van der Waals surface area contributed by atoms with Crippen molar-refractivity contribution in [1.82, 2.24) is 0 Å². The molecule has 0 radical (unpaired) electrons. The van der Waals surface area contributed by atoms with Crippen molar-refractivity contribution in [3.05, 3.63) is 17.0 Å². The molecule has 1 aromatic rings. The van der Waals surface area contributed by atoms with Gasteiger partial charge in [0.25, 0.3) is 0 Å². The van der Waals surface area contributed by atoms with Crippen LogP contribution in [0.5, 0.6) is 0 Å².